The molecule has 0 bridgehead atoms. The maximum atomic E-state index is 6.09. The lowest BCUT2D eigenvalue weighted by Crippen LogP contribution is -2.38. The van der Waals surface area contributed by atoms with E-state index in [1.807, 2.05) is 6.33 Å². The highest BCUT2D eigenvalue weighted by Gasteiger charge is 2.39. The van der Waals surface area contributed by atoms with Gasteiger partial charge in [-0.3, -0.25) is 4.90 Å². The summed E-state index contributed by atoms with van der Waals surface area (Å²) in [5.74, 6) is 0.588. The third kappa shape index (κ3) is 2.56. The average Bonchev–Trinajstić information content (AvgIpc) is 3.20. The van der Waals surface area contributed by atoms with Crippen molar-refractivity contribution in [2.24, 2.45) is 11.7 Å². The van der Waals surface area contributed by atoms with Gasteiger partial charge in [-0.1, -0.05) is 6.42 Å². The zero-order valence-electron chi connectivity index (χ0n) is 12.0. The molecule has 1 aliphatic carbocycles. The number of aromatic nitrogens is 2. The van der Waals surface area contributed by atoms with Crippen molar-refractivity contribution < 1.29 is 0 Å². The largest absolute Gasteiger partial charge is 0.333 e. The van der Waals surface area contributed by atoms with E-state index in [2.05, 4.69) is 27.6 Å². The van der Waals surface area contributed by atoms with Crippen LogP contribution < -0.4 is 5.73 Å². The lowest BCUT2D eigenvalue weighted by molar-refractivity contribution is 0.142. The zero-order chi connectivity index (χ0) is 13.2. The number of imidazole rings is 1. The molecule has 19 heavy (non-hydrogen) atoms. The van der Waals surface area contributed by atoms with Crippen molar-refractivity contribution >= 4 is 0 Å². The van der Waals surface area contributed by atoms with Crippen LogP contribution in [0.5, 0.6) is 0 Å². The Morgan fingerprint density at radius 2 is 2.16 bits per heavy atom. The van der Waals surface area contributed by atoms with E-state index in [0.717, 1.165) is 19.1 Å². The van der Waals surface area contributed by atoms with Crippen molar-refractivity contribution in [1.82, 2.24) is 14.5 Å². The van der Waals surface area contributed by atoms with Crippen LogP contribution in [0.25, 0.3) is 0 Å². The maximum Gasteiger partial charge on any atom is 0.0948 e. The maximum absolute atomic E-state index is 6.09. The molecule has 4 heteroatoms. The summed E-state index contributed by atoms with van der Waals surface area (Å²) < 4.78 is 2.30. The van der Waals surface area contributed by atoms with Gasteiger partial charge in [0.15, 0.2) is 0 Å². The number of aryl methyl sites for hydroxylation is 1. The van der Waals surface area contributed by atoms with Gasteiger partial charge in [0.25, 0.3) is 0 Å². The summed E-state index contributed by atoms with van der Waals surface area (Å²) in [6.45, 7) is 5.23. The summed E-state index contributed by atoms with van der Waals surface area (Å²) in [7, 11) is 0. The highest BCUT2D eigenvalue weighted by Crippen LogP contribution is 2.41. The van der Waals surface area contributed by atoms with E-state index in [0.29, 0.717) is 12.0 Å². The molecule has 0 amide bonds. The molecule has 1 aliphatic heterocycles. The van der Waals surface area contributed by atoms with Gasteiger partial charge in [0.1, 0.15) is 0 Å². The van der Waals surface area contributed by atoms with E-state index in [1.165, 1.54) is 44.3 Å². The van der Waals surface area contributed by atoms with E-state index < -0.39 is 0 Å². The number of rotatable bonds is 4. The first-order valence-electron chi connectivity index (χ1n) is 7.81. The molecule has 0 radical (unpaired) electrons. The summed E-state index contributed by atoms with van der Waals surface area (Å²) in [6.07, 6.45) is 10.7. The summed E-state index contributed by atoms with van der Waals surface area (Å²) in [5.41, 5.74) is 7.47. The number of likely N-dealkylation sites (tertiary alicyclic amines) is 1. The van der Waals surface area contributed by atoms with E-state index in [4.69, 9.17) is 5.73 Å². The van der Waals surface area contributed by atoms with Gasteiger partial charge >= 0.3 is 0 Å². The van der Waals surface area contributed by atoms with Gasteiger partial charge in [-0.05, 0) is 51.6 Å². The van der Waals surface area contributed by atoms with Gasteiger partial charge in [-0.2, -0.15) is 0 Å². The Hall–Kier alpha value is -0.870. The highest BCUT2D eigenvalue weighted by molar-refractivity contribution is 5.11. The molecule has 2 aliphatic rings. The first-order valence-corrected chi connectivity index (χ1v) is 7.81. The molecule has 1 aromatic heterocycles. The summed E-state index contributed by atoms with van der Waals surface area (Å²) in [4.78, 5) is 7.11. The molecule has 0 aromatic carbocycles. The molecule has 106 valence electrons. The van der Waals surface area contributed by atoms with Gasteiger partial charge in [0, 0.05) is 18.8 Å². The molecule has 2 heterocycles. The minimum Gasteiger partial charge on any atom is -0.333 e. The number of hydrogen-bond donors (Lipinski definition) is 1. The minimum atomic E-state index is 0.488. The van der Waals surface area contributed by atoms with E-state index in [9.17, 15) is 0 Å². The fourth-order valence-electron chi connectivity index (χ4n) is 3.58. The highest BCUT2D eigenvalue weighted by atomic mass is 15.2. The zero-order valence-corrected chi connectivity index (χ0v) is 12.0. The van der Waals surface area contributed by atoms with Crippen LogP contribution in [-0.2, 0) is 6.54 Å². The molecule has 2 unspecified atom stereocenters. The molecule has 2 N–H and O–H groups in total. The van der Waals surface area contributed by atoms with Crippen LogP contribution in [0.1, 0.15) is 50.8 Å². The molecule has 4 nitrogen and oxygen atoms in total. The predicted octanol–water partition coefficient (Wildman–Crippen LogP) is 2.17. The Kier molecular flexibility index (Phi) is 3.89. The molecule has 0 spiro atoms. The van der Waals surface area contributed by atoms with Crippen LogP contribution in [0.3, 0.4) is 0 Å². The minimum absolute atomic E-state index is 0.488. The SMILES string of the molecule is CCn1cncc1C1C(CN)CCCCN1C1CC1. The Labute approximate surface area is 116 Å². The van der Waals surface area contributed by atoms with Crippen molar-refractivity contribution in [3.05, 3.63) is 18.2 Å². The van der Waals surface area contributed by atoms with Gasteiger partial charge < -0.3 is 10.3 Å². The lowest BCUT2D eigenvalue weighted by Gasteiger charge is -2.35. The first kappa shape index (κ1) is 13.1. The molecular formula is C15H26N4. The van der Waals surface area contributed by atoms with Crippen molar-refractivity contribution in [1.29, 1.82) is 0 Å². The molecular weight excluding hydrogens is 236 g/mol. The van der Waals surface area contributed by atoms with Crippen molar-refractivity contribution in [2.45, 2.75) is 57.7 Å². The van der Waals surface area contributed by atoms with Gasteiger partial charge in [-0.15, -0.1) is 0 Å². The summed E-state index contributed by atoms with van der Waals surface area (Å²) in [5, 5.41) is 0. The number of hydrogen-bond acceptors (Lipinski definition) is 3. The van der Waals surface area contributed by atoms with Crippen LogP contribution >= 0.6 is 0 Å². The van der Waals surface area contributed by atoms with Crippen LogP contribution in [0, 0.1) is 5.92 Å². The van der Waals surface area contributed by atoms with Crippen LogP contribution in [0.15, 0.2) is 12.5 Å². The fraction of sp³-hybridized carbons (Fsp3) is 0.800. The first-order chi connectivity index (χ1) is 9.35. The Balaban J connectivity index is 1.94. The topological polar surface area (TPSA) is 47.1 Å². The van der Waals surface area contributed by atoms with Crippen LogP contribution in [-0.4, -0.2) is 33.6 Å². The third-order valence-electron chi connectivity index (χ3n) is 4.75. The third-order valence-corrected chi connectivity index (χ3v) is 4.75. The smallest absolute Gasteiger partial charge is 0.0948 e. The molecule has 1 aromatic rings. The van der Waals surface area contributed by atoms with Gasteiger partial charge in [0.05, 0.1) is 18.1 Å². The molecule has 2 atom stereocenters. The molecule has 3 rings (SSSR count). The molecule has 1 saturated carbocycles. The van der Waals surface area contributed by atoms with E-state index in [-0.39, 0.29) is 0 Å². The fourth-order valence-corrected chi connectivity index (χ4v) is 3.58. The van der Waals surface area contributed by atoms with E-state index >= 15 is 0 Å². The Morgan fingerprint density at radius 1 is 1.32 bits per heavy atom. The average molecular weight is 262 g/mol. The second-order valence-corrected chi connectivity index (χ2v) is 6.01. The van der Waals surface area contributed by atoms with Crippen LogP contribution in [0.4, 0.5) is 0 Å². The summed E-state index contributed by atoms with van der Waals surface area (Å²) >= 11 is 0. The van der Waals surface area contributed by atoms with Crippen molar-refractivity contribution in [3.63, 3.8) is 0 Å². The quantitative estimate of drug-likeness (QED) is 0.904. The van der Waals surface area contributed by atoms with Crippen molar-refractivity contribution in [3.8, 4) is 0 Å². The Bertz CT molecular complexity index is 410. The van der Waals surface area contributed by atoms with E-state index in [1.54, 1.807) is 0 Å². The lowest BCUT2D eigenvalue weighted by atomic mass is 9.92. The summed E-state index contributed by atoms with van der Waals surface area (Å²) in [6, 6.07) is 1.29. The predicted molar refractivity (Wildman–Crippen MR) is 76.8 cm³/mol. The Morgan fingerprint density at radius 3 is 2.84 bits per heavy atom. The number of nitrogens with zero attached hydrogens (tertiary/aromatic N) is 3. The van der Waals surface area contributed by atoms with Crippen molar-refractivity contribution in [2.75, 3.05) is 13.1 Å². The molecule has 1 saturated heterocycles. The molecule has 2 fully saturated rings. The second kappa shape index (κ2) is 5.63. The van der Waals surface area contributed by atoms with Crippen LogP contribution in [0.2, 0.25) is 0 Å². The number of nitrogens with two attached hydrogens (primary N) is 1. The van der Waals surface area contributed by atoms with Gasteiger partial charge in [0.2, 0.25) is 0 Å². The monoisotopic (exact) mass is 262 g/mol. The second-order valence-electron chi connectivity index (χ2n) is 6.01. The normalized spacial score (nSPS) is 29.4. The standard InChI is InChI=1S/C15H26N4/c1-2-18-11-17-10-14(18)15-12(9-16)5-3-4-8-19(15)13-6-7-13/h10-13,15H,2-9,16H2,1H3. The van der Waals surface area contributed by atoms with Gasteiger partial charge in [-0.25, -0.2) is 4.98 Å².